The zero-order chi connectivity index (χ0) is 45.4. The molecule has 0 aliphatic carbocycles. The Morgan fingerprint density at radius 1 is 0.304 bits per heavy atom. The van der Waals surface area contributed by atoms with Crippen LogP contribution in [-0.2, 0) is 0 Å². The highest BCUT2D eigenvalue weighted by atomic mass is 16.3. The van der Waals surface area contributed by atoms with Crippen molar-refractivity contribution in [3.05, 3.63) is 255 Å². The Balaban J connectivity index is 0.877. The summed E-state index contributed by atoms with van der Waals surface area (Å²) in [7, 11) is 0. The van der Waals surface area contributed by atoms with E-state index in [1.807, 2.05) is 12.1 Å². The van der Waals surface area contributed by atoms with Gasteiger partial charge in [0.1, 0.15) is 11.2 Å². The Labute approximate surface area is 399 Å². The van der Waals surface area contributed by atoms with Crippen molar-refractivity contribution in [1.82, 2.24) is 4.57 Å². The van der Waals surface area contributed by atoms with Crippen molar-refractivity contribution >= 4 is 93.1 Å². The number of fused-ring (bicyclic) bond motifs is 10. The van der Waals surface area contributed by atoms with E-state index in [1.165, 1.54) is 70.8 Å². The fourth-order valence-corrected chi connectivity index (χ4v) is 10.9. The Hall–Kier alpha value is -9.18. The predicted octanol–water partition coefficient (Wildman–Crippen LogP) is 18.6. The molecule has 14 rings (SSSR count). The first-order chi connectivity index (χ1) is 34.2. The third-order valence-corrected chi connectivity index (χ3v) is 14.2. The summed E-state index contributed by atoms with van der Waals surface area (Å²) in [5.41, 5.74) is 15.6. The number of rotatable bonds is 7. The van der Waals surface area contributed by atoms with Gasteiger partial charge in [0.05, 0.1) is 16.7 Å². The molecule has 0 unspecified atom stereocenters. The molecule has 0 saturated heterocycles. The number of para-hydroxylation sites is 4. The van der Waals surface area contributed by atoms with Crippen molar-refractivity contribution in [1.29, 1.82) is 0 Å². The summed E-state index contributed by atoms with van der Waals surface area (Å²) in [4.78, 5) is 2.41. The first-order valence-corrected chi connectivity index (χ1v) is 23.7. The molecule has 0 fully saturated rings. The number of hydrogen-bond acceptors (Lipinski definition) is 2. The van der Waals surface area contributed by atoms with E-state index in [1.54, 1.807) is 0 Å². The molecular weight excluding hydrogens is 837 g/mol. The van der Waals surface area contributed by atoms with E-state index in [0.717, 1.165) is 61.4 Å². The number of aromatic nitrogens is 1. The maximum atomic E-state index is 6.48. The van der Waals surface area contributed by atoms with Gasteiger partial charge in [-0.15, -0.1) is 0 Å². The van der Waals surface area contributed by atoms with Crippen LogP contribution in [0.4, 0.5) is 17.1 Å². The first kappa shape index (κ1) is 39.0. The van der Waals surface area contributed by atoms with Crippen molar-refractivity contribution in [2.24, 2.45) is 0 Å². The third-order valence-electron chi connectivity index (χ3n) is 14.2. The maximum Gasteiger partial charge on any atom is 0.143 e. The second-order valence-electron chi connectivity index (χ2n) is 18.0. The Morgan fingerprint density at radius 3 is 1.49 bits per heavy atom. The second kappa shape index (κ2) is 15.7. The minimum atomic E-state index is 0.902. The summed E-state index contributed by atoms with van der Waals surface area (Å²) >= 11 is 0. The lowest BCUT2D eigenvalue weighted by atomic mass is 9.92. The normalized spacial score (nSPS) is 11.8. The van der Waals surface area contributed by atoms with Crippen LogP contribution in [0, 0.1) is 0 Å². The van der Waals surface area contributed by atoms with E-state index >= 15 is 0 Å². The van der Waals surface area contributed by atoms with Crippen LogP contribution < -0.4 is 4.90 Å². The number of nitrogens with zero attached hydrogens (tertiary/aromatic N) is 2. The van der Waals surface area contributed by atoms with E-state index < -0.39 is 0 Å². The van der Waals surface area contributed by atoms with Crippen LogP contribution in [0.5, 0.6) is 0 Å². The number of hydrogen-bond donors (Lipinski definition) is 0. The monoisotopic (exact) mass is 878 g/mol. The Kier molecular flexibility index (Phi) is 8.90. The van der Waals surface area contributed by atoms with Crippen LogP contribution in [0.2, 0.25) is 0 Å². The summed E-state index contributed by atoms with van der Waals surface area (Å²) in [6.07, 6.45) is 0. The highest BCUT2D eigenvalue weighted by Gasteiger charge is 2.20. The maximum absolute atomic E-state index is 6.48. The highest BCUT2D eigenvalue weighted by molar-refractivity contribution is 6.15. The van der Waals surface area contributed by atoms with Gasteiger partial charge in [-0.05, 0) is 128 Å². The van der Waals surface area contributed by atoms with Crippen molar-refractivity contribution in [3.8, 4) is 39.1 Å². The van der Waals surface area contributed by atoms with E-state index in [-0.39, 0.29) is 0 Å². The van der Waals surface area contributed by atoms with Gasteiger partial charge in [0.2, 0.25) is 0 Å². The smallest absolute Gasteiger partial charge is 0.143 e. The van der Waals surface area contributed by atoms with Crippen LogP contribution in [0.15, 0.2) is 259 Å². The van der Waals surface area contributed by atoms with Crippen LogP contribution in [0.3, 0.4) is 0 Å². The molecular formula is C66H42N2O. The van der Waals surface area contributed by atoms with Crippen LogP contribution in [-0.4, -0.2) is 4.57 Å². The molecule has 0 aliphatic rings. The zero-order valence-corrected chi connectivity index (χ0v) is 37.6. The van der Waals surface area contributed by atoms with Gasteiger partial charge < -0.3 is 13.9 Å². The quantitative estimate of drug-likeness (QED) is 0.149. The minimum absolute atomic E-state index is 0.902. The molecule has 69 heavy (non-hydrogen) atoms. The lowest BCUT2D eigenvalue weighted by molar-refractivity contribution is 0.670. The Bertz CT molecular complexity index is 4240. The van der Waals surface area contributed by atoms with Crippen LogP contribution >= 0.6 is 0 Å². The average Bonchev–Trinajstić information content (AvgIpc) is 3.97. The van der Waals surface area contributed by atoms with Gasteiger partial charge in [-0.25, -0.2) is 0 Å². The average molecular weight is 879 g/mol. The minimum Gasteiger partial charge on any atom is -0.455 e. The summed E-state index contributed by atoms with van der Waals surface area (Å²) in [5.74, 6) is 0. The SMILES string of the molecule is c1ccc2c(-c3ccc(N(c4ccc(-c5cccc6c5oc5ccccc56)cc4)c4cc5ccccc5c5ccccc45)cc3)cc(-c3ccc(-n4c5ccccc5c5ccccc54)cc3)cc2c1. The van der Waals surface area contributed by atoms with E-state index in [0.29, 0.717) is 0 Å². The molecule has 0 spiro atoms. The summed E-state index contributed by atoms with van der Waals surface area (Å²) < 4.78 is 8.86. The third kappa shape index (κ3) is 6.36. The molecule has 3 heteroatoms. The van der Waals surface area contributed by atoms with Gasteiger partial charge in [0.25, 0.3) is 0 Å². The molecule has 0 aliphatic heterocycles. The van der Waals surface area contributed by atoms with Gasteiger partial charge in [-0.2, -0.15) is 0 Å². The van der Waals surface area contributed by atoms with Gasteiger partial charge in [-0.1, -0.05) is 182 Å². The van der Waals surface area contributed by atoms with Crippen molar-refractivity contribution in [2.45, 2.75) is 0 Å². The topological polar surface area (TPSA) is 21.3 Å². The molecule has 0 N–H and O–H groups in total. The van der Waals surface area contributed by atoms with Crippen molar-refractivity contribution < 1.29 is 4.42 Å². The Morgan fingerprint density at radius 2 is 0.812 bits per heavy atom. The molecule has 2 aromatic heterocycles. The largest absolute Gasteiger partial charge is 0.455 e. The number of furan rings is 1. The molecule has 322 valence electrons. The fourth-order valence-electron chi connectivity index (χ4n) is 10.9. The van der Waals surface area contributed by atoms with Crippen molar-refractivity contribution in [2.75, 3.05) is 4.90 Å². The first-order valence-electron chi connectivity index (χ1n) is 23.7. The number of benzene rings is 12. The van der Waals surface area contributed by atoms with Crippen LogP contribution in [0.1, 0.15) is 0 Å². The standard InChI is InChI=1S/C66H42N2O/c1-4-17-53-46(14-1)40-48(43-28-34-51(35-29-43)68-62-25-10-7-20-57(62)58-21-8-11-26-63(58)68)41-61(53)45-32-38-50(39-33-45)67(64-42-47-15-2-3-16-52(47)55-18-5-6-19-56(55)64)49-36-30-44(31-37-49)54-23-13-24-60-59-22-9-12-27-65(59)69-66(54)60/h1-42H. The molecule has 0 radical (unpaired) electrons. The molecule has 14 aromatic rings. The van der Waals surface area contributed by atoms with E-state index in [4.69, 9.17) is 4.42 Å². The second-order valence-corrected chi connectivity index (χ2v) is 18.0. The van der Waals surface area contributed by atoms with Gasteiger partial charge in [0.15, 0.2) is 0 Å². The van der Waals surface area contributed by atoms with Crippen molar-refractivity contribution in [3.63, 3.8) is 0 Å². The van der Waals surface area contributed by atoms with Gasteiger partial charge in [-0.3, -0.25) is 0 Å². The fraction of sp³-hybridized carbons (Fsp3) is 0. The highest BCUT2D eigenvalue weighted by Crippen LogP contribution is 2.45. The summed E-state index contributed by atoms with van der Waals surface area (Å²) in [5, 5.41) is 12.1. The molecule has 3 nitrogen and oxygen atoms in total. The summed E-state index contributed by atoms with van der Waals surface area (Å²) in [6, 6.07) is 92.6. The zero-order valence-electron chi connectivity index (χ0n) is 37.6. The van der Waals surface area contributed by atoms with Crippen LogP contribution in [0.25, 0.3) is 115 Å². The molecule has 0 bridgehead atoms. The predicted molar refractivity (Wildman–Crippen MR) is 292 cm³/mol. The van der Waals surface area contributed by atoms with E-state index in [2.05, 4.69) is 252 Å². The number of anilines is 3. The molecule has 2 heterocycles. The molecule has 0 amide bonds. The van der Waals surface area contributed by atoms with Gasteiger partial charge in [0, 0.05) is 49.6 Å². The molecule has 0 atom stereocenters. The summed E-state index contributed by atoms with van der Waals surface area (Å²) in [6.45, 7) is 0. The molecule has 12 aromatic carbocycles. The molecule has 0 saturated carbocycles. The lowest BCUT2D eigenvalue weighted by Crippen LogP contribution is -2.10. The van der Waals surface area contributed by atoms with Gasteiger partial charge >= 0.3 is 0 Å². The van der Waals surface area contributed by atoms with E-state index in [9.17, 15) is 0 Å². The lowest BCUT2D eigenvalue weighted by Gasteiger charge is -2.28.